The third-order valence-electron chi connectivity index (χ3n) is 5.36. The van der Waals surface area contributed by atoms with Gasteiger partial charge in [-0.3, -0.25) is 9.78 Å². The van der Waals surface area contributed by atoms with Crippen LogP contribution in [-0.4, -0.2) is 38.3 Å². The minimum Gasteiger partial charge on any atom is -0.382 e. The summed E-state index contributed by atoms with van der Waals surface area (Å²) < 4.78 is 7.40. The number of para-hydroxylation sites is 1. The zero-order valence-corrected chi connectivity index (χ0v) is 18.1. The number of hydrogen-bond acceptors (Lipinski definition) is 6. The standard InChI is InChI=1S/C23H26N6O2/c1-14(31-4)29-18(13-23(2,3)27-22(30)15-9-11-25-12-10-15)19-16-7-5-6-8-17(16)26-21(24)20(19)28-29/h5-12,14H,13H2,1-4H3,(H2,24,26)(H,27,30). The number of nitrogens with one attached hydrogen (secondary N) is 1. The second kappa shape index (κ2) is 7.96. The Morgan fingerprint density at radius 2 is 1.94 bits per heavy atom. The maximum Gasteiger partial charge on any atom is 0.251 e. The van der Waals surface area contributed by atoms with Crippen molar-refractivity contribution < 1.29 is 9.53 Å². The number of anilines is 1. The molecular weight excluding hydrogens is 392 g/mol. The molecule has 1 aromatic carbocycles. The van der Waals surface area contributed by atoms with Crippen LogP contribution in [0.2, 0.25) is 0 Å². The molecule has 3 heterocycles. The number of nitrogens with zero attached hydrogens (tertiary/aromatic N) is 4. The smallest absolute Gasteiger partial charge is 0.251 e. The summed E-state index contributed by atoms with van der Waals surface area (Å²) in [5, 5.41) is 9.76. The highest BCUT2D eigenvalue weighted by molar-refractivity contribution is 6.09. The highest BCUT2D eigenvalue weighted by atomic mass is 16.5. The molecule has 0 saturated heterocycles. The van der Waals surface area contributed by atoms with Crippen molar-refractivity contribution in [1.29, 1.82) is 0 Å². The van der Waals surface area contributed by atoms with Crippen LogP contribution < -0.4 is 11.1 Å². The third-order valence-corrected chi connectivity index (χ3v) is 5.36. The Labute approximate surface area is 180 Å². The molecular formula is C23H26N6O2. The largest absolute Gasteiger partial charge is 0.382 e. The Bertz CT molecular complexity index is 1250. The lowest BCUT2D eigenvalue weighted by molar-refractivity contribution is 0.0475. The first kappa shape index (κ1) is 20.7. The predicted molar refractivity (Wildman–Crippen MR) is 121 cm³/mol. The Balaban J connectivity index is 1.82. The molecule has 0 spiro atoms. The van der Waals surface area contributed by atoms with E-state index in [2.05, 4.69) is 15.3 Å². The van der Waals surface area contributed by atoms with Crippen molar-refractivity contribution in [2.75, 3.05) is 12.8 Å². The lowest BCUT2D eigenvalue weighted by Gasteiger charge is -2.28. The van der Waals surface area contributed by atoms with Gasteiger partial charge >= 0.3 is 0 Å². The average Bonchev–Trinajstić information content (AvgIpc) is 3.13. The van der Waals surface area contributed by atoms with Crippen molar-refractivity contribution in [2.24, 2.45) is 0 Å². The number of methoxy groups -OCH3 is 1. The van der Waals surface area contributed by atoms with E-state index in [0.29, 0.717) is 23.3 Å². The van der Waals surface area contributed by atoms with Gasteiger partial charge in [0.15, 0.2) is 5.82 Å². The molecule has 3 aromatic heterocycles. The molecule has 8 heteroatoms. The number of amides is 1. The maximum absolute atomic E-state index is 12.8. The number of carbonyl (C=O) groups excluding carboxylic acids is 1. The second-order valence-corrected chi connectivity index (χ2v) is 8.21. The van der Waals surface area contributed by atoms with Gasteiger partial charge in [-0.1, -0.05) is 18.2 Å². The number of ether oxygens (including phenoxy) is 1. The SMILES string of the molecule is COC(C)n1nc2c(N)nc3ccccc3c2c1CC(C)(C)NC(=O)c1ccncc1. The van der Waals surface area contributed by atoms with Gasteiger partial charge < -0.3 is 15.8 Å². The monoisotopic (exact) mass is 418 g/mol. The third kappa shape index (κ3) is 3.94. The zero-order valence-electron chi connectivity index (χ0n) is 18.1. The predicted octanol–water partition coefficient (Wildman–Crippen LogP) is 3.48. The first-order valence-electron chi connectivity index (χ1n) is 10.1. The molecule has 0 aliphatic rings. The van der Waals surface area contributed by atoms with E-state index in [-0.39, 0.29) is 12.1 Å². The van der Waals surface area contributed by atoms with Crippen molar-refractivity contribution in [3.63, 3.8) is 0 Å². The fraction of sp³-hybridized carbons (Fsp3) is 0.304. The van der Waals surface area contributed by atoms with Crippen LogP contribution in [0.25, 0.3) is 21.8 Å². The maximum atomic E-state index is 12.8. The van der Waals surface area contributed by atoms with Crippen LogP contribution in [0.1, 0.15) is 43.1 Å². The van der Waals surface area contributed by atoms with E-state index in [1.807, 2.05) is 49.7 Å². The van der Waals surface area contributed by atoms with Crippen LogP contribution in [0.4, 0.5) is 5.82 Å². The van der Waals surface area contributed by atoms with Crippen molar-refractivity contribution in [2.45, 2.75) is 39.0 Å². The molecule has 1 unspecified atom stereocenters. The van der Waals surface area contributed by atoms with Crippen molar-refractivity contribution in [1.82, 2.24) is 25.1 Å². The number of pyridine rings is 2. The first-order valence-corrected chi connectivity index (χ1v) is 10.1. The molecule has 3 N–H and O–H groups in total. The summed E-state index contributed by atoms with van der Waals surface area (Å²) in [5.74, 6) is 0.212. The molecule has 31 heavy (non-hydrogen) atoms. The van der Waals surface area contributed by atoms with E-state index in [4.69, 9.17) is 15.6 Å². The molecule has 0 bridgehead atoms. The number of rotatable bonds is 6. The summed E-state index contributed by atoms with van der Waals surface area (Å²) >= 11 is 0. The van der Waals surface area contributed by atoms with E-state index in [1.54, 1.807) is 31.6 Å². The molecule has 4 rings (SSSR count). The van der Waals surface area contributed by atoms with Gasteiger partial charge in [0.05, 0.1) is 11.2 Å². The number of aromatic nitrogens is 4. The number of carbonyl (C=O) groups is 1. The topological polar surface area (TPSA) is 108 Å². The van der Waals surface area contributed by atoms with E-state index in [9.17, 15) is 4.79 Å². The van der Waals surface area contributed by atoms with E-state index >= 15 is 0 Å². The lowest BCUT2D eigenvalue weighted by atomic mass is 9.94. The van der Waals surface area contributed by atoms with E-state index < -0.39 is 5.54 Å². The molecule has 0 saturated carbocycles. The number of nitrogen functional groups attached to an aromatic ring is 1. The minimum atomic E-state index is -0.572. The molecule has 1 atom stereocenters. The van der Waals surface area contributed by atoms with Crippen molar-refractivity contribution in [3.05, 3.63) is 60.0 Å². The number of benzene rings is 1. The van der Waals surface area contributed by atoms with E-state index in [0.717, 1.165) is 22.0 Å². The summed E-state index contributed by atoms with van der Waals surface area (Å²) in [6, 6.07) is 11.2. The molecule has 1 amide bonds. The Kier molecular flexibility index (Phi) is 5.32. The second-order valence-electron chi connectivity index (χ2n) is 8.21. The molecule has 0 aliphatic heterocycles. The number of hydrogen-bond donors (Lipinski definition) is 2. The van der Waals surface area contributed by atoms with Crippen LogP contribution in [0, 0.1) is 0 Å². The summed E-state index contributed by atoms with van der Waals surface area (Å²) in [7, 11) is 1.64. The van der Waals surface area contributed by atoms with Gasteiger partial charge in [0, 0.05) is 47.8 Å². The first-order chi connectivity index (χ1) is 14.8. The van der Waals surface area contributed by atoms with Crippen LogP contribution in [0.5, 0.6) is 0 Å². The Morgan fingerprint density at radius 1 is 1.23 bits per heavy atom. The zero-order chi connectivity index (χ0) is 22.2. The van der Waals surface area contributed by atoms with Crippen LogP contribution in [-0.2, 0) is 11.2 Å². The molecule has 0 fully saturated rings. The van der Waals surface area contributed by atoms with Crippen LogP contribution in [0.15, 0.2) is 48.8 Å². The van der Waals surface area contributed by atoms with Crippen LogP contribution >= 0.6 is 0 Å². The Hall–Kier alpha value is -3.52. The average molecular weight is 419 g/mol. The van der Waals surface area contributed by atoms with Crippen molar-refractivity contribution in [3.8, 4) is 0 Å². The minimum absolute atomic E-state index is 0.159. The van der Waals surface area contributed by atoms with Gasteiger partial charge in [-0.25, -0.2) is 9.67 Å². The number of nitrogens with two attached hydrogens (primary N) is 1. The highest BCUT2D eigenvalue weighted by Crippen LogP contribution is 2.33. The normalized spacial score (nSPS) is 12.9. The summed E-state index contributed by atoms with van der Waals surface area (Å²) in [6.45, 7) is 5.89. The summed E-state index contributed by atoms with van der Waals surface area (Å²) in [6.07, 6.45) is 3.41. The van der Waals surface area contributed by atoms with Crippen LogP contribution in [0.3, 0.4) is 0 Å². The lowest BCUT2D eigenvalue weighted by Crippen LogP contribution is -2.45. The van der Waals surface area contributed by atoms with Gasteiger partial charge in [0.2, 0.25) is 0 Å². The molecule has 4 aromatic rings. The molecule has 160 valence electrons. The summed E-state index contributed by atoms with van der Waals surface area (Å²) in [5.41, 5.74) is 8.61. The highest BCUT2D eigenvalue weighted by Gasteiger charge is 2.28. The van der Waals surface area contributed by atoms with Gasteiger partial charge in [-0.15, -0.1) is 0 Å². The molecule has 0 aliphatic carbocycles. The van der Waals surface area contributed by atoms with Gasteiger partial charge in [0.1, 0.15) is 11.7 Å². The molecule has 8 nitrogen and oxygen atoms in total. The fourth-order valence-corrected chi connectivity index (χ4v) is 3.81. The quantitative estimate of drug-likeness (QED) is 0.496. The molecule has 0 radical (unpaired) electrons. The van der Waals surface area contributed by atoms with Gasteiger partial charge in [-0.05, 0) is 39.0 Å². The Morgan fingerprint density at radius 3 is 2.65 bits per heavy atom. The van der Waals surface area contributed by atoms with Gasteiger partial charge in [-0.2, -0.15) is 5.10 Å². The van der Waals surface area contributed by atoms with E-state index in [1.165, 1.54) is 0 Å². The number of fused-ring (bicyclic) bond motifs is 3. The van der Waals surface area contributed by atoms with Crippen molar-refractivity contribution >= 4 is 33.5 Å². The van der Waals surface area contributed by atoms with Gasteiger partial charge in [0.25, 0.3) is 5.91 Å². The fourth-order valence-electron chi connectivity index (χ4n) is 3.81. The summed E-state index contributed by atoms with van der Waals surface area (Å²) in [4.78, 5) is 21.3.